The van der Waals surface area contributed by atoms with Gasteiger partial charge in [0, 0.05) is 12.6 Å². The Hall–Kier alpha value is -1.75. The molecule has 0 aliphatic heterocycles. The maximum Gasteiger partial charge on any atom is 0.261 e. The number of benzene rings is 2. The summed E-state index contributed by atoms with van der Waals surface area (Å²) in [4.78, 5) is 14.6. The molecule has 4 nitrogen and oxygen atoms in total. The van der Waals surface area contributed by atoms with Crippen LogP contribution in [0.4, 0.5) is 0 Å². The lowest BCUT2D eigenvalue weighted by Crippen LogP contribution is -2.47. The number of rotatable bonds is 8. The molecule has 0 fully saturated rings. The maximum absolute atomic E-state index is 12.6. The van der Waals surface area contributed by atoms with Gasteiger partial charge in [0.25, 0.3) is 5.91 Å². The SMILES string of the molecule is CC(Oc1cccc(Cl)c1Cl)C(=O)NC(Cc1ccccc1)CN(C)C. The van der Waals surface area contributed by atoms with Crippen LogP contribution in [0.5, 0.6) is 5.75 Å². The van der Waals surface area contributed by atoms with Gasteiger partial charge in [-0.25, -0.2) is 0 Å². The highest BCUT2D eigenvalue weighted by atomic mass is 35.5. The molecule has 26 heavy (non-hydrogen) atoms. The summed E-state index contributed by atoms with van der Waals surface area (Å²) >= 11 is 12.1. The van der Waals surface area contributed by atoms with Crippen molar-refractivity contribution in [2.45, 2.75) is 25.5 Å². The zero-order chi connectivity index (χ0) is 19.1. The van der Waals surface area contributed by atoms with Gasteiger partial charge in [0.15, 0.2) is 6.10 Å². The van der Waals surface area contributed by atoms with E-state index in [1.165, 1.54) is 5.56 Å². The average molecular weight is 395 g/mol. The number of halogens is 2. The van der Waals surface area contributed by atoms with Crippen molar-refractivity contribution >= 4 is 29.1 Å². The lowest BCUT2D eigenvalue weighted by atomic mass is 10.1. The lowest BCUT2D eigenvalue weighted by molar-refractivity contribution is -0.128. The molecule has 0 bridgehead atoms. The third-order valence-electron chi connectivity index (χ3n) is 3.85. The minimum Gasteiger partial charge on any atom is -0.479 e. The number of likely N-dealkylation sites (N-methyl/N-ethyl adjacent to an activating group) is 1. The number of hydrogen-bond donors (Lipinski definition) is 1. The summed E-state index contributed by atoms with van der Waals surface area (Å²) in [5, 5.41) is 3.77. The maximum atomic E-state index is 12.6. The first-order chi connectivity index (χ1) is 12.4. The number of nitrogens with one attached hydrogen (secondary N) is 1. The molecule has 2 aromatic rings. The average Bonchev–Trinajstić information content (AvgIpc) is 2.59. The van der Waals surface area contributed by atoms with Gasteiger partial charge in [0.1, 0.15) is 10.8 Å². The van der Waals surface area contributed by atoms with E-state index in [1.54, 1.807) is 25.1 Å². The van der Waals surface area contributed by atoms with E-state index in [1.807, 2.05) is 37.2 Å². The molecular formula is C20H24Cl2N2O2. The van der Waals surface area contributed by atoms with Gasteiger partial charge < -0.3 is 15.0 Å². The molecule has 2 unspecified atom stereocenters. The fraction of sp³-hybridized carbons (Fsp3) is 0.350. The van der Waals surface area contributed by atoms with E-state index in [2.05, 4.69) is 17.4 Å². The first-order valence-corrected chi connectivity index (χ1v) is 9.22. The Kier molecular flexibility index (Phi) is 7.76. The Labute approximate surface area is 165 Å². The van der Waals surface area contributed by atoms with Crippen LogP contribution < -0.4 is 10.1 Å². The third kappa shape index (κ3) is 6.20. The van der Waals surface area contributed by atoms with E-state index in [-0.39, 0.29) is 11.9 Å². The Morgan fingerprint density at radius 3 is 2.46 bits per heavy atom. The first kappa shape index (κ1) is 20.6. The fourth-order valence-electron chi connectivity index (χ4n) is 2.64. The molecule has 0 saturated carbocycles. The van der Waals surface area contributed by atoms with Crippen molar-refractivity contribution in [2.24, 2.45) is 0 Å². The van der Waals surface area contributed by atoms with Crippen molar-refractivity contribution in [3.63, 3.8) is 0 Å². The van der Waals surface area contributed by atoms with Crippen LogP contribution in [0.1, 0.15) is 12.5 Å². The van der Waals surface area contributed by atoms with Gasteiger partial charge >= 0.3 is 0 Å². The molecule has 1 N–H and O–H groups in total. The van der Waals surface area contributed by atoms with E-state index in [0.29, 0.717) is 15.8 Å². The largest absolute Gasteiger partial charge is 0.479 e. The van der Waals surface area contributed by atoms with E-state index >= 15 is 0 Å². The third-order valence-corrected chi connectivity index (χ3v) is 4.65. The lowest BCUT2D eigenvalue weighted by Gasteiger charge is -2.24. The van der Waals surface area contributed by atoms with E-state index in [9.17, 15) is 4.79 Å². The second-order valence-electron chi connectivity index (χ2n) is 6.47. The summed E-state index contributed by atoms with van der Waals surface area (Å²) in [6.45, 7) is 2.42. The minimum atomic E-state index is -0.689. The van der Waals surface area contributed by atoms with E-state index < -0.39 is 6.10 Å². The second-order valence-corrected chi connectivity index (χ2v) is 7.25. The van der Waals surface area contributed by atoms with Crippen LogP contribution in [-0.4, -0.2) is 43.6 Å². The summed E-state index contributed by atoms with van der Waals surface area (Å²) in [6, 6.07) is 15.2. The smallest absolute Gasteiger partial charge is 0.261 e. The highest BCUT2D eigenvalue weighted by Crippen LogP contribution is 2.32. The standard InChI is InChI=1S/C20H24Cl2N2O2/c1-14(26-18-11-7-10-17(21)19(18)22)20(25)23-16(13-24(2)3)12-15-8-5-4-6-9-15/h4-11,14,16H,12-13H2,1-3H3,(H,23,25). The Bertz CT molecular complexity index is 723. The summed E-state index contributed by atoms with van der Waals surface area (Å²) in [5.41, 5.74) is 1.17. The number of hydrogen-bond acceptors (Lipinski definition) is 3. The highest BCUT2D eigenvalue weighted by molar-refractivity contribution is 6.42. The molecule has 0 radical (unpaired) electrons. The second kappa shape index (κ2) is 9.81. The van der Waals surface area contributed by atoms with Crippen molar-refractivity contribution in [3.05, 3.63) is 64.1 Å². The molecule has 0 aliphatic rings. The highest BCUT2D eigenvalue weighted by Gasteiger charge is 2.21. The van der Waals surface area contributed by atoms with Crippen LogP contribution in [0.3, 0.4) is 0 Å². The molecule has 2 aromatic carbocycles. The Balaban J connectivity index is 2.01. The zero-order valence-electron chi connectivity index (χ0n) is 15.2. The number of ether oxygens (including phenoxy) is 1. The molecule has 2 atom stereocenters. The molecule has 0 aromatic heterocycles. The number of carbonyl (C=O) groups is 1. The number of amides is 1. The van der Waals surface area contributed by atoms with E-state index in [0.717, 1.165) is 13.0 Å². The Morgan fingerprint density at radius 1 is 1.12 bits per heavy atom. The van der Waals surface area contributed by atoms with Crippen molar-refractivity contribution < 1.29 is 9.53 Å². The molecule has 2 rings (SSSR count). The van der Waals surface area contributed by atoms with Crippen molar-refractivity contribution in [1.29, 1.82) is 0 Å². The minimum absolute atomic E-state index is 0.0271. The van der Waals surface area contributed by atoms with E-state index in [4.69, 9.17) is 27.9 Å². The summed E-state index contributed by atoms with van der Waals surface area (Å²) in [5.74, 6) is 0.206. The van der Waals surface area contributed by atoms with Gasteiger partial charge in [-0.15, -0.1) is 0 Å². The zero-order valence-corrected chi connectivity index (χ0v) is 16.7. The van der Waals surface area contributed by atoms with Crippen molar-refractivity contribution in [2.75, 3.05) is 20.6 Å². The van der Waals surface area contributed by atoms with Crippen LogP contribution in [-0.2, 0) is 11.2 Å². The van der Waals surface area contributed by atoms with Gasteiger partial charge in [-0.05, 0) is 45.1 Å². The number of carbonyl (C=O) groups excluding carboxylic acids is 1. The fourth-order valence-corrected chi connectivity index (χ4v) is 2.97. The van der Waals surface area contributed by atoms with Gasteiger partial charge in [-0.2, -0.15) is 0 Å². The van der Waals surface area contributed by atoms with Gasteiger partial charge in [-0.3, -0.25) is 4.79 Å². The number of nitrogens with zero attached hydrogens (tertiary/aromatic N) is 1. The van der Waals surface area contributed by atoms with Crippen LogP contribution >= 0.6 is 23.2 Å². The molecule has 0 saturated heterocycles. The molecule has 140 valence electrons. The normalized spacial score (nSPS) is 13.3. The quantitative estimate of drug-likeness (QED) is 0.733. The molecule has 1 amide bonds. The van der Waals surface area contributed by atoms with Crippen LogP contribution in [0.2, 0.25) is 10.0 Å². The van der Waals surface area contributed by atoms with Gasteiger partial charge in [0.05, 0.1) is 5.02 Å². The predicted octanol–water partition coefficient (Wildman–Crippen LogP) is 4.05. The first-order valence-electron chi connectivity index (χ1n) is 8.46. The van der Waals surface area contributed by atoms with Gasteiger partial charge in [0.2, 0.25) is 0 Å². The molecule has 6 heteroatoms. The Morgan fingerprint density at radius 2 is 1.81 bits per heavy atom. The summed E-state index contributed by atoms with van der Waals surface area (Å²) in [7, 11) is 3.96. The van der Waals surface area contributed by atoms with Crippen LogP contribution in [0, 0.1) is 0 Å². The van der Waals surface area contributed by atoms with Gasteiger partial charge in [-0.1, -0.05) is 59.6 Å². The molecule has 0 heterocycles. The van der Waals surface area contributed by atoms with Crippen molar-refractivity contribution in [3.8, 4) is 5.75 Å². The van der Waals surface area contributed by atoms with Crippen molar-refractivity contribution in [1.82, 2.24) is 10.2 Å². The molecule has 0 aliphatic carbocycles. The molecular weight excluding hydrogens is 371 g/mol. The topological polar surface area (TPSA) is 41.6 Å². The molecule has 0 spiro atoms. The van der Waals surface area contributed by atoms with Crippen LogP contribution in [0.25, 0.3) is 0 Å². The van der Waals surface area contributed by atoms with Crippen LogP contribution in [0.15, 0.2) is 48.5 Å². The monoisotopic (exact) mass is 394 g/mol. The summed E-state index contributed by atoms with van der Waals surface area (Å²) in [6.07, 6.45) is 0.0569. The summed E-state index contributed by atoms with van der Waals surface area (Å²) < 4.78 is 5.70. The predicted molar refractivity (Wildman–Crippen MR) is 107 cm³/mol.